The molecule has 0 aromatic rings. The summed E-state index contributed by atoms with van der Waals surface area (Å²) in [5.74, 6) is -1.26. The highest BCUT2D eigenvalue weighted by molar-refractivity contribution is 7.86. The minimum atomic E-state index is -3.53. The van der Waals surface area contributed by atoms with Crippen molar-refractivity contribution in [3.8, 4) is 0 Å². The summed E-state index contributed by atoms with van der Waals surface area (Å²) in [6.45, 7) is 5.15. The second-order valence-electron chi connectivity index (χ2n) is 5.80. The van der Waals surface area contributed by atoms with E-state index >= 15 is 0 Å². The molecule has 2 rings (SSSR count). The van der Waals surface area contributed by atoms with Gasteiger partial charge in [-0.25, -0.2) is 0 Å². The Morgan fingerprint density at radius 3 is 2.48 bits per heavy atom. The summed E-state index contributed by atoms with van der Waals surface area (Å²) in [5.41, 5.74) is 0. The highest BCUT2D eigenvalue weighted by Crippen LogP contribution is 2.25. The van der Waals surface area contributed by atoms with Gasteiger partial charge in [0.1, 0.15) is 0 Å². The molecule has 2 heterocycles. The number of hydrogen-bond donors (Lipinski definition) is 1. The molecule has 0 bridgehead atoms. The zero-order valence-corrected chi connectivity index (χ0v) is 13.4. The van der Waals surface area contributed by atoms with E-state index in [9.17, 15) is 13.2 Å². The van der Waals surface area contributed by atoms with Gasteiger partial charge in [-0.05, 0) is 26.2 Å². The summed E-state index contributed by atoms with van der Waals surface area (Å²) in [7, 11) is -3.53. The van der Waals surface area contributed by atoms with Crippen molar-refractivity contribution in [1.29, 1.82) is 0 Å². The molecule has 1 N–H and O–H groups in total. The molecular weight excluding hydrogens is 296 g/mol. The first kappa shape index (κ1) is 16.7. The molecule has 2 fully saturated rings. The molecule has 0 radical (unpaired) electrons. The van der Waals surface area contributed by atoms with Crippen LogP contribution in [0, 0.1) is 5.92 Å². The van der Waals surface area contributed by atoms with Gasteiger partial charge in [0.15, 0.2) is 0 Å². The molecule has 0 aromatic carbocycles. The number of hydrogen-bond acceptors (Lipinski definition) is 4. The highest BCUT2D eigenvalue weighted by atomic mass is 32.2. The molecule has 2 aliphatic rings. The Balaban J connectivity index is 2.08. The van der Waals surface area contributed by atoms with E-state index in [4.69, 9.17) is 9.84 Å². The Morgan fingerprint density at radius 2 is 1.95 bits per heavy atom. The van der Waals surface area contributed by atoms with Crippen LogP contribution in [0.2, 0.25) is 0 Å². The number of ether oxygens (including phenoxy) is 1. The van der Waals surface area contributed by atoms with E-state index < -0.39 is 22.1 Å². The van der Waals surface area contributed by atoms with E-state index in [2.05, 4.69) is 0 Å². The topological polar surface area (TPSA) is 87.2 Å². The third kappa shape index (κ3) is 3.56. The van der Waals surface area contributed by atoms with Gasteiger partial charge in [0.2, 0.25) is 0 Å². The first-order valence-electron chi connectivity index (χ1n) is 7.47. The fraction of sp³-hybridized carbons (Fsp3) is 0.923. The molecule has 2 aliphatic heterocycles. The fourth-order valence-corrected chi connectivity index (χ4v) is 4.85. The van der Waals surface area contributed by atoms with Gasteiger partial charge >= 0.3 is 5.97 Å². The van der Waals surface area contributed by atoms with Crippen molar-refractivity contribution >= 4 is 16.2 Å². The van der Waals surface area contributed by atoms with E-state index in [1.54, 1.807) is 0 Å². The zero-order valence-electron chi connectivity index (χ0n) is 12.6. The van der Waals surface area contributed by atoms with Gasteiger partial charge < -0.3 is 9.84 Å². The molecule has 0 spiro atoms. The zero-order chi connectivity index (χ0) is 15.6. The minimum Gasteiger partial charge on any atom is -0.481 e. The van der Waals surface area contributed by atoms with Gasteiger partial charge in [0.05, 0.1) is 18.6 Å². The standard InChI is InChI=1S/C13H24N2O5S/c1-3-12-9-20-10(2)8-15(12)21(18,19)14-6-4-11(5-7-14)13(16)17/h10-12H,3-9H2,1-2H3,(H,16,17). The first-order valence-corrected chi connectivity index (χ1v) is 8.87. The number of nitrogens with zero attached hydrogens (tertiary/aromatic N) is 2. The summed E-state index contributed by atoms with van der Waals surface area (Å²) in [4.78, 5) is 11.0. The van der Waals surface area contributed by atoms with Crippen molar-refractivity contribution in [1.82, 2.24) is 8.61 Å². The van der Waals surface area contributed by atoms with Crippen LogP contribution in [0.3, 0.4) is 0 Å². The Labute approximate surface area is 126 Å². The van der Waals surface area contributed by atoms with Crippen LogP contribution in [0.15, 0.2) is 0 Å². The van der Waals surface area contributed by atoms with Crippen molar-refractivity contribution in [2.24, 2.45) is 5.92 Å². The Hall–Kier alpha value is -0.700. The van der Waals surface area contributed by atoms with E-state index in [0.29, 0.717) is 32.4 Å². The van der Waals surface area contributed by atoms with Crippen molar-refractivity contribution in [2.45, 2.75) is 45.3 Å². The SMILES string of the molecule is CCC1COC(C)CN1S(=O)(=O)N1CCC(C(=O)O)CC1. The number of piperidine rings is 1. The van der Waals surface area contributed by atoms with E-state index in [0.717, 1.165) is 0 Å². The molecule has 2 unspecified atom stereocenters. The lowest BCUT2D eigenvalue weighted by atomic mass is 9.99. The van der Waals surface area contributed by atoms with Crippen LogP contribution < -0.4 is 0 Å². The molecule has 0 amide bonds. The highest BCUT2D eigenvalue weighted by Gasteiger charge is 2.40. The maximum Gasteiger partial charge on any atom is 0.306 e. The summed E-state index contributed by atoms with van der Waals surface area (Å²) >= 11 is 0. The summed E-state index contributed by atoms with van der Waals surface area (Å²) < 4.78 is 34.1. The maximum atomic E-state index is 12.8. The lowest BCUT2D eigenvalue weighted by molar-refractivity contribution is -0.142. The van der Waals surface area contributed by atoms with Crippen LogP contribution in [0.4, 0.5) is 0 Å². The van der Waals surface area contributed by atoms with Gasteiger partial charge in [0, 0.05) is 25.7 Å². The monoisotopic (exact) mass is 320 g/mol. The smallest absolute Gasteiger partial charge is 0.306 e. The van der Waals surface area contributed by atoms with Gasteiger partial charge in [-0.2, -0.15) is 17.0 Å². The summed E-state index contributed by atoms with van der Waals surface area (Å²) in [6.07, 6.45) is 1.35. The predicted octanol–water partition coefficient (Wildman–Crippen LogP) is 0.527. The van der Waals surface area contributed by atoms with Gasteiger partial charge in [0.25, 0.3) is 10.2 Å². The van der Waals surface area contributed by atoms with Gasteiger partial charge in [-0.3, -0.25) is 4.79 Å². The Morgan fingerprint density at radius 1 is 1.33 bits per heavy atom. The number of aliphatic carboxylic acids is 1. The number of rotatable bonds is 4. The number of carbonyl (C=O) groups is 1. The second kappa shape index (κ2) is 6.60. The minimum absolute atomic E-state index is 0.112. The third-order valence-electron chi connectivity index (χ3n) is 4.31. The molecule has 7 nitrogen and oxygen atoms in total. The molecule has 21 heavy (non-hydrogen) atoms. The summed E-state index contributed by atoms with van der Waals surface area (Å²) in [5, 5.41) is 9.00. The average Bonchev–Trinajstić information content (AvgIpc) is 2.47. The molecule has 2 atom stereocenters. The van der Waals surface area contributed by atoms with E-state index in [-0.39, 0.29) is 25.2 Å². The van der Waals surface area contributed by atoms with E-state index in [1.807, 2.05) is 13.8 Å². The quantitative estimate of drug-likeness (QED) is 0.816. The average molecular weight is 320 g/mol. The molecule has 122 valence electrons. The van der Waals surface area contributed by atoms with Crippen LogP contribution in [0.5, 0.6) is 0 Å². The lowest BCUT2D eigenvalue weighted by Crippen LogP contribution is -2.56. The van der Waals surface area contributed by atoms with Gasteiger partial charge in [-0.15, -0.1) is 0 Å². The van der Waals surface area contributed by atoms with Crippen LogP contribution in [-0.2, 0) is 19.7 Å². The molecule has 8 heteroatoms. The lowest BCUT2D eigenvalue weighted by Gasteiger charge is -2.41. The molecule has 2 saturated heterocycles. The summed E-state index contributed by atoms with van der Waals surface area (Å²) in [6, 6.07) is -0.136. The largest absolute Gasteiger partial charge is 0.481 e. The third-order valence-corrected chi connectivity index (χ3v) is 6.37. The Bertz CT molecular complexity index is 473. The van der Waals surface area contributed by atoms with Crippen LogP contribution in [0.25, 0.3) is 0 Å². The number of morpholine rings is 1. The van der Waals surface area contributed by atoms with Crippen LogP contribution >= 0.6 is 0 Å². The fourth-order valence-electron chi connectivity index (χ4n) is 2.90. The normalized spacial score (nSPS) is 30.4. The number of carboxylic acids is 1. The Kier molecular flexibility index (Phi) is 5.24. The molecular formula is C13H24N2O5S. The van der Waals surface area contributed by atoms with Crippen molar-refractivity contribution in [3.63, 3.8) is 0 Å². The molecule has 0 saturated carbocycles. The molecule has 0 aliphatic carbocycles. The van der Waals surface area contributed by atoms with Crippen molar-refractivity contribution < 1.29 is 23.1 Å². The van der Waals surface area contributed by atoms with E-state index in [1.165, 1.54) is 8.61 Å². The number of carboxylic acid groups (broad SMARTS) is 1. The van der Waals surface area contributed by atoms with Gasteiger partial charge in [-0.1, -0.05) is 6.92 Å². The van der Waals surface area contributed by atoms with Crippen molar-refractivity contribution in [2.75, 3.05) is 26.2 Å². The second-order valence-corrected chi connectivity index (χ2v) is 7.68. The maximum absolute atomic E-state index is 12.8. The predicted molar refractivity (Wildman–Crippen MR) is 77.1 cm³/mol. The van der Waals surface area contributed by atoms with Crippen LogP contribution in [-0.4, -0.2) is 66.5 Å². The first-order chi connectivity index (χ1) is 9.86. The van der Waals surface area contributed by atoms with Crippen LogP contribution in [0.1, 0.15) is 33.1 Å². The van der Waals surface area contributed by atoms with Crippen molar-refractivity contribution in [3.05, 3.63) is 0 Å². The molecule has 0 aromatic heterocycles.